The number of hydrogen-bond donors (Lipinski definition) is 1. The van der Waals surface area contributed by atoms with Crippen molar-refractivity contribution in [3.63, 3.8) is 0 Å². The summed E-state index contributed by atoms with van der Waals surface area (Å²) in [6.45, 7) is 0. The molecule has 1 N–H and O–H groups in total. The molecular formula is C11H10BrN3. The normalized spacial score (nSPS) is 10.0. The highest BCUT2D eigenvalue weighted by atomic mass is 79.9. The van der Waals surface area contributed by atoms with E-state index in [4.69, 9.17) is 0 Å². The van der Waals surface area contributed by atoms with E-state index < -0.39 is 0 Å². The van der Waals surface area contributed by atoms with Crippen LogP contribution in [-0.4, -0.2) is 17.0 Å². The fourth-order valence-corrected chi connectivity index (χ4v) is 1.66. The largest absolute Gasteiger partial charge is 0.372 e. The average molecular weight is 264 g/mol. The first-order valence-electron chi connectivity index (χ1n) is 4.57. The topological polar surface area (TPSA) is 37.8 Å². The number of halogens is 1. The Balaban J connectivity index is 2.46. The standard InChI is InChI=1S/C11H10BrN3/c1-13-11-9(12)7-14-10(15-11)8-5-3-2-4-6-8/h2-7H,1H3,(H,13,14,15). The quantitative estimate of drug-likeness (QED) is 0.906. The van der Waals surface area contributed by atoms with Crippen LogP contribution in [0.1, 0.15) is 0 Å². The number of hydrogen-bond acceptors (Lipinski definition) is 3. The Morgan fingerprint density at radius 3 is 2.60 bits per heavy atom. The van der Waals surface area contributed by atoms with Gasteiger partial charge in [-0.2, -0.15) is 0 Å². The molecule has 15 heavy (non-hydrogen) atoms. The number of aromatic nitrogens is 2. The van der Waals surface area contributed by atoms with Crippen LogP contribution in [0.4, 0.5) is 5.82 Å². The first kappa shape index (κ1) is 10.1. The highest BCUT2D eigenvalue weighted by molar-refractivity contribution is 9.10. The fraction of sp³-hybridized carbons (Fsp3) is 0.0909. The van der Waals surface area contributed by atoms with Gasteiger partial charge in [0.25, 0.3) is 0 Å². The van der Waals surface area contributed by atoms with Crippen molar-refractivity contribution >= 4 is 21.7 Å². The Labute approximate surface area is 96.7 Å². The van der Waals surface area contributed by atoms with Crippen molar-refractivity contribution < 1.29 is 0 Å². The van der Waals surface area contributed by atoms with Crippen molar-refractivity contribution in [2.75, 3.05) is 12.4 Å². The van der Waals surface area contributed by atoms with Gasteiger partial charge in [-0.25, -0.2) is 9.97 Å². The highest BCUT2D eigenvalue weighted by Crippen LogP contribution is 2.22. The van der Waals surface area contributed by atoms with Gasteiger partial charge >= 0.3 is 0 Å². The predicted molar refractivity (Wildman–Crippen MR) is 64.7 cm³/mol. The van der Waals surface area contributed by atoms with E-state index >= 15 is 0 Å². The Hall–Kier alpha value is -1.42. The lowest BCUT2D eigenvalue weighted by Crippen LogP contribution is -1.97. The van der Waals surface area contributed by atoms with Crippen molar-refractivity contribution in [1.82, 2.24) is 9.97 Å². The third-order valence-electron chi connectivity index (χ3n) is 2.01. The summed E-state index contributed by atoms with van der Waals surface area (Å²) < 4.78 is 0.865. The van der Waals surface area contributed by atoms with Crippen LogP contribution >= 0.6 is 15.9 Å². The van der Waals surface area contributed by atoms with Gasteiger partial charge in [0, 0.05) is 18.8 Å². The summed E-state index contributed by atoms with van der Waals surface area (Å²) in [5.74, 6) is 1.52. The van der Waals surface area contributed by atoms with Crippen molar-refractivity contribution in [2.45, 2.75) is 0 Å². The van der Waals surface area contributed by atoms with Crippen molar-refractivity contribution in [2.24, 2.45) is 0 Å². The zero-order valence-electron chi connectivity index (χ0n) is 8.24. The van der Waals surface area contributed by atoms with Gasteiger partial charge < -0.3 is 5.32 Å². The van der Waals surface area contributed by atoms with Crippen molar-refractivity contribution in [3.8, 4) is 11.4 Å². The minimum absolute atomic E-state index is 0.725. The van der Waals surface area contributed by atoms with E-state index in [1.54, 1.807) is 6.20 Å². The smallest absolute Gasteiger partial charge is 0.161 e. The van der Waals surface area contributed by atoms with Crippen LogP contribution in [0.5, 0.6) is 0 Å². The molecule has 0 aliphatic rings. The van der Waals surface area contributed by atoms with E-state index in [-0.39, 0.29) is 0 Å². The van der Waals surface area contributed by atoms with E-state index in [0.29, 0.717) is 0 Å². The number of rotatable bonds is 2. The van der Waals surface area contributed by atoms with Gasteiger partial charge in [-0.1, -0.05) is 30.3 Å². The maximum absolute atomic E-state index is 4.39. The third kappa shape index (κ3) is 2.15. The molecule has 0 unspecified atom stereocenters. The maximum Gasteiger partial charge on any atom is 0.161 e. The molecule has 4 heteroatoms. The molecule has 0 saturated carbocycles. The Morgan fingerprint density at radius 1 is 1.20 bits per heavy atom. The monoisotopic (exact) mass is 263 g/mol. The zero-order chi connectivity index (χ0) is 10.7. The lowest BCUT2D eigenvalue weighted by Gasteiger charge is -2.04. The summed E-state index contributed by atoms with van der Waals surface area (Å²) in [7, 11) is 1.84. The van der Waals surface area contributed by atoms with Gasteiger partial charge in [0.1, 0.15) is 5.82 Å². The average Bonchev–Trinajstić information content (AvgIpc) is 2.31. The number of nitrogens with one attached hydrogen (secondary N) is 1. The summed E-state index contributed by atoms with van der Waals surface area (Å²) >= 11 is 3.38. The van der Waals surface area contributed by atoms with Crippen LogP contribution in [0.3, 0.4) is 0 Å². The second-order valence-electron chi connectivity index (χ2n) is 3.01. The highest BCUT2D eigenvalue weighted by Gasteiger charge is 2.04. The van der Waals surface area contributed by atoms with Gasteiger partial charge in [0.15, 0.2) is 5.82 Å². The second kappa shape index (κ2) is 4.40. The van der Waals surface area contributed by atoms with Crippen molar-refractivity contribution in [3.05, 3.63) is 41.0 Å². The maximum atomic E-state index is 4.39. The van der Waals surface area contributed by atoms with Gasteiger partial charge in [-0.05, 0) is 15.9 Å². The van der Waals surface area contributed by atoms with Crippen LogP contribution in [0.25, 0.3) is 11.4 Å². The minimum Gasteiger partial charge on any atom is -0.372 e. The number of benzene rings is 1. The molecule has 0 saturated heterocycles. The Kier molecular flexibility index (Phi) is 2.97. The first-order chi connectivity index (χ1) is 7.31. The van der Waals surface area contributed by atoms with E-state index in [9.17, 15) is 0 Å². The van der Waals surface area contributed by atoms with Crippen molar-refractivity contribution in [1.29, 1.82) is 0 Å². The molecule has 0 radical (unpaired) electrons. The number of anilines is 1. The molecular weight excluding hydrogens is 254 g/mol. The van der Waals surface area contributed by atoms with Crippen LogP contribution in [-0.2, 0) is 0 Å². The predicted octanol–water partition coefficient (Wildman–Crippen LogP) is 2.95. The molecule has 2 rings (SSSR count). The van der Waals surface area contributed by atoms with Crippen LogP contribution in [0, 0.1) is 0 Å². The summed E-state index contributed by atoms with van der Waals surface area (Å²) in [6.07, 6.45) is 1.75. The molecule has 1 heterocycles. The molecule has 0 spiro atoms. The zero-order valence-corrected chi connectivity index (χ0v) is 9.82. The van der Waals surface area contributed by atoms with Gasteiger partial charge in [0.05, 0.1) is 4.47 Å². The van der Waals surface area contributed by atoms with Crippen LogP contribution < -0.4 is 5.32 Å². The van der Waals surface area contributed by atoms with Gasteiger partial charge in [0.2, 0.25) is 0 Å². The van der Waals surface area contributed by atoms with E-state index in [1.807, 2.05) is 37.4 Å². The molecule has 0 aliphatic heterocycles. The Bertz CT molecular complexity index is 457. The lowest BCUT2D eigenvalue weighted by molar-refractivity contribution is 1.15. The molecule has 0 amide bonds. The van der Waals surface area contributed by atoms with Gasteiger partial charge in [-0.3, -0.25) is 0 Å². The first-order valence-corrected chi connectivity index (χ1v) is 5.36. The Morgan fingerprint density at radius 2 is 1.93 bits per heavy atom. The molecule has 0 fully saturated rings. The number of nitrogens with zero attached hydrogens (tertiary/aromatic N) is 2. The van der Waals surface area contributed by atoms with E-state index in [1.165, 1.54) is 0 Å². The molecule has 2 aromatic rings. The molecule has 0 aliphatic carbocycles. The molecule has 3 nitrogen and oxygen atoms in total. The summed E-state index contributed by atoms with van der Waals surface area (Å²) in [4.78, 5) is 8.65. The molecule has 0 bridgehead atoms. The van der Waals surface area contributed by atoms with E-state index in [0.717, 1.165) is 21.7 Å². The fourth-order valence-electron chi connectivity index (χ4n) is 1.27. The lowest BCUT2D eigenvalue weighted by atomic mass is 10.2. The minimum atomic E-state index is 0.725. The molecule has 1 aromatic heterocycles. The second-order valence-corrected chi connectivity index (χ2v) is 3.86. The summed E-state index contributed by atoms with van der Waals surface area (Å²) in [5.41, 5.74) is 1.02. The summed E-state index contributed by atoms with van der Waals surface area (Å²) in [6, 6.07) is 9.90. The third-order valence-corrected chi connectivity index (χ3v) is 2.59. The van der Waals surface area contributed by atoms with Gasteiger partial charge in [-0.15, -0.1) is 0 Å². The molecule has 0 atom stereocenters. The van der Waals surface area contributed by atoms with Crippen LogP contribution in [0.2, 0.25) is 0 Å². The summed E-state index contributed by atoms with van der Waals surface area (Å²) in [5, 5.41) is 3.01. The SMILES string of the molecule is CNc1nc(-c2ccccc2)ncc1Br. The molecule has 1 aromatic carbocycles. The van der Waals surface area contributed by atoms with E-state index in [2.05, 4.69) is 31.2 Å². The molecule has 76 valence electrons. The van der Waals surface area contributed by atoms with Crippen LogP contribution in [0.15, 0.2) is 41.0 Å².